The number of nitrogens with one attached hydrogen (secondary N) is 1. The third-order valence-electron chi connectivity index (χ3n) is 28.3. The van der Waals surface area contributed by atoms with Crippen molar-refractivity contribution in [3.05, 3.63) is 11.9 Å². The van der Waals surface area contributed by atoms with Gasteiger partial charge in [0.2, 0.25) is 41.4 Å². The number of carbonyl (C=O) groups is 7. The zero-order valence-corrected chi connectivity index (χ0v) is 88.2. The third kappa shape index (κ3) is 42.6. The summed E-state index contributed by atoms with van der Waals surface area (Å²) in [6.45, 7) is 76.8. The van der Waals surface area contributed by atoms with E-state index in [1.54, 1.807) is 9.80 Å². The van der Waals surface area contributed by atoms with Crippen LogP contribution in [0.4, 0.5) is 0 Å². The summed E-state index contributed by atoms with van der Waals surface area (Å²) in [6, 6.07) is 5.48. The van der Waals surface area contributed by atoms with E-state index in [9.17, 15) is 33.6 Å². The number of piperidine rings is 4. The molecule has 11 fully saturated rings. The van der Waals surface area contributed by atoms with Crippen molar-refractivity contribution in [1.29, 1.82) is 5.26 Å². The van der Waals surface area contributed by atoms with Crippen LogP contribution in [0.25, 0.3) is 0 Å². The molecule has 0 radical (unpaired) electrons. The van der Waals surface area contributed by atoms with Gasteiger partial charge in [-0.2, -0.15) is 5.26 Å². The number of hydrogen-bond donors (Lipinski definition) is 1. The number of nitriles is 1. The summed E-state index contributed by atoms with van der Waals surface area (Å²) in [7, 11) is 9.39. The van der Waals surface area contributed by atoms with Crippen LogP contribution in [0.3, 0.4) is 0 Å². The van der Waals surface area contributed by atoms with Gasteiger partial charge in [-0.05, 0) is 168 Å². The van der Waals surface area contributed by atoms with E-state index in [-0.39, 0.29) is 50.2 Å². The Hall–Kier alpha value is -5.48. The number of amides is 7. The van der Waals surface area contributed by atoms with Crippen LogP contribution < -0.4 is 5.32 Å². The van der Waals surface area contributed by atoms with Crippen LogP contribution in [0.1, 0.15) is 273 Å². The highest BCUT2D eigenvalue weighted by Gasteiger charge is 2.39. The highest BCUT2D eigenvalue weighted by atomic mass is 16.5. The van der Waals surface area contributed by atoms with Crippen molar-refractivity contribution < 1.29 is 38.3 Å². The summed E-state index contributed by atoms with van der Waals surface area (Å²) in [6.07, 6.45) is 21.1. The lowest BCUT2D eigenvalue weighted by Gasteiger charge is -2.46. The number of rotatable bonds is 19. The number of nitrogens with zero attached hydrogens (tertiary/aromatic N) is 19. The second-order valence-electron chi connectivity index (χ2n) is 48.9. The average Bonchev–Trinajstić information content (AvgIpc) is 1.21. The Labute approximate surface area is 797 Å². The van der Waals surface area contributed by atoms with E-state index in [1.165, 1.54) is 51.7 Å². The number of aromatic nitrogens is 3. The number of piperazine rings is 5. The molecule has 28 nitrogen and oxygen atoms in total. The molecule has 11 heterocycles. The maximum Gasteiger partial charge on any atom is 0.236 e. The van der Waals surface area contributed by atoms with E-state index >= 15 is 0 Å². The fraction of sp³-hybridized carbons (Fsp3) is 0.903. The number of hydrogen-bond acceptors (Lipinski definition) is 20. The van der Waals surface area contributed by atoms with Crippen LogP contribution in [0.5, 0.6) is 0 Å². The Balaban J connectivity index is 0.000000217. The van der Waals surface area contributed by atoms with Gasteiger partial charge < -0.3 is 59.1 Å². The largest absolute Gasteiger partial charge is 0.380 e. The molecule has 10 saturated heterocycles. The normalized spacial score (nSPS) is 24.6. The number of carbonyl (C=O) groups excluding carboxylic acids is 7. The summed E-state index contributed by atoms with van der Waals surface area (Å²) < 4.78 is 7.60. The molecule has 7 amide bonds. The highest BCUT2D eigenvalue weighted by Crippen LogP contribution is 2.34. The molecule has 1 aliphatic carbocycles. The Bertz CT molecular complexity index is 3570. The molecule has 1 N–H and O–H groups in total. The topological polar surface area (TPSA) is 244 Å². The van der Waals surface area contributed by atoms with Gasteiger partial charge in [-0.25, -0.2) is 4.68 Å². The van der Waals surface area contributed by atoms with Crippen molar-refractivity contribution >= 4 is 41.4 Å². The first kappa shape index (κ1) is 113. The van der Waals surface area contributed by atoms with Crippen LogP contribution in [0.2, 0.25) is 0 Å². The number of ether oxygens (including phenoxy) is 1. The maximum atomic E-state index is 12.5. The minimum Gasteiger partial charge on any atom is -0.380 e. The lowest BCUT2D eigenvalue weighted by atomic mass is 9.86. The van der Waals surface area contributed by atoms with E-state index in [4.69, 9.17) is 10.00 Å². The van der Waals surface area contributed by atoms with Gasteiger partial charge in [-0.1, -0.05) is 130 Å². The van der Waals surface area contributed by atoms with Crippen molar-refractivity contribution in [2.24, 2.45) is 56.2 Å². The van der Waals surface area contributed by atoms with Crippen LogP contribution in [0, 0.1) is 67.5 Å². The second kappa shape index (κ2) is 52.9. The standard InChI is InChI=1S/C22H42N4O2.C21H40N4O2.C17H29N3O.C16H28N4O.C16H31N3O.C11H22N2O/c1-17-14-26(16-21(28)23(6)7)18(2)13-25(17)15-19-8-10-24(11-9-19)20(27)12-22(3,4)5;1-17-14-23(11-12-25(17)16-20(27)22(5)6)15-18-7-9-24(10-8-18)19(26)13-21(2,3)4;1-17(2,3)12-16(21)20-10-8-19(9-11-20)15-6-4-14(13-18)5-7-15;1-16(2,3)10-13-11-20(18-17-13)14-4-7-19(8-5-14)15-6-9-21-12-15;1-16(2,3)12-15(20)19-8-4-14(5-9-19)13-18-10-6-17-7-11-18;1-11(2,3)9-10(14)13-7-5-12(4)6-8-13/h17-19H,8-16H2,1-7H3;17-18H,7-16H2,1-6H3;14-15H,4-12H2,1-3H3;11,14-15H,4-10,12H2,1-3H3;14,17H,4-13H2,1-3H3;5-9H2,1-4H3/t17-,18+;17-;;;;/m01..../s1. The number of likely N-dealkylation sites (N-methyl/N-ethyl adjacent to an activating group) is 3. The van der Waals surface area contributed by atoms with Crippen LogP contribution >= 0.6 is 0 Å². The van der Waals surface area contributed by atoms with E-state index in [0.717, 1.165) is 246 Å². The smallest absolute Gasteiger partial charge is 0.236 e. The summed E-state index contributed by atoms with van der Waals surface area (Å²) in [5.41, 5.74) is 1.81. The van der Waals surface area contributed by atoms with Crippen LogP contribution in [-0.4, -0.2) is 405 Å². The van der Waals surface area contributed by atoms with Gasteiger partial charge in [0.05, 0.1) is 37.5 Å². The quantitative estimate of drug-likeness (QED) is 0.135. The van der Waals surface area contributed by atoms with Gasteiger partial charge in [0.25, 0.3) is 0 Å². The molecule has 11 aliphatic rings. The molecule has 0 spiro atoms. The SMILES string of the molecule is CC(C)(C)CC(=O)N1CCC(CN2CCNCC2)CC1.CC(C)(C)CC(=O)N1CCN(C2CCC(C#N)CC2)CC1.CC(C)(C)Cc1cn(C2CCN(C3CCOC3)CC2)nn1.CN1CCN(C(=O)CC(C)(C)C)CC1.C[C@@H]1CN(CC2CCN(C(=O)CC(C)(C)C)CC2)CCN1CC(=O)N(C)C.C[C@@H]1CN(CC2CCN(C(=O)CC(C)(C)C)CC2)[C@@H](C)CN1CC(=O)N(C)C. The molecule has 10 aliphatic heterocycles. The van der Waals surface area contributed by atoms with Gasteiger partial charge in [0, 0.05) is 292 Å². The van der Waals surface area contributed by atoms with E-state index < -0.39 is 0 Å². The molecule has 1 aromatic rings. The second-order valence-corrected chi connectivity index (χ2v) is 48.9. The van der Waals surface area contributed by atoms with Crippen molar-refractivity contribution in [3.8, 4) is 6.07 Å². The maximum absolute atomic E-state index is 12.5. The summed E-state index contributed by atoms with van der Waals surface area (Å²) in [4.78, 5) is 119. The van der Waals surface area contributed by atoms with E-state index in [1.807, 2.05) is 38.0 Å². The van der Waals surface area contributed by atoms with E-state index in [0.29, 0.717) is 123 Å². The monoisotopic (exact) mass is 1840 g/mol. The molecule has 752 valence electrons. The molecule has 1 aromatic heterocycles. The van der Waals surface area contributed by atoms with Crippen LogP contribution in [-0.2, 0) is 44.7 Å². The Morgan fingerprint density at radius 3 is 1.18 bits per heavy atom. The fourth-order valence-electron chi connectivity index (χ4n) is 20.1. The third-order valence-corrected chi connectivity index (χ3v) is 28.3. The molecule has 1 unspecified atom stereocenters. The van der Waals surface area contributed by atoms with Crippen molar-refractivity contribution in [2.45, 2.75) is 304 Å². The molecule has 1 saturated carbocycles. The summed E-state index contributed by atoms with van der Waals surface area (Å²) in [5, 5.41) is 21.1. The summed E-state index contributed by atoms with van der Waals surface area (Å²) in [5.74, 6) is 4.36. The lowest BCUT2D eigenvalue weighted by molar-refractivity contribution is -0.136. The van der Waals surface area contributed by atoms with Crippen LogP contribution in [0.15, 0.2) is 6.20 Å². The summed E-state index contributed by atoms with van der Waals surface area (Å²) >= 11 is 0. The van der Waals surface area contributed by atoms with Crippen molar-refractivity contribution in [2.75, 3.05) is 245 Å². The zero-order chi connectivity index (χ0) is 96.9. The first-order chi connectivity index (χ1) is 61.2. The molecule has 131 heavy (non-hydrogen) atoms. The average molecular weight is 1840 g/mol. The minimum absolute atomic E-state index is 0.0626. The van der Waals surface area contributed by atoms with Gasteiger partial charge in [-0.3, -0.25) is 58.1 Å². The fourth-order valence-corrected chi connectivity index (χ4v) is 20.1. The predicted molar refractivity (Wildman–Crippen MR) is 530 cm³/mol. The minimum atomic E-state index is 0.0626. The van der Waals surface area contributed by atoms with Crippen molar-refractivity contribution in [1.82, 2.24) is 93.8 Å². The Morgan fingerprint density at radius 2 is 0.786 bits per heavy atom. The number of likely N-dealkylation sites (tertiary alicyclic amines) is 4. The Kier molecular flexibility index (Phi) is 45.4. The molecule has 0 aromatic carbocycles. The molecular weight excluding hydrogens is 1650 g/mol. The highest BCUT2D eigenvalue weighted by molar-refractivity contribution is 5.80. The molecular formula is C103H192N20O8. The first-order valence-electron chi connectivity index (χ1n) is 51.4. The first-order valence-corrected chi connectivity index (χ1v) is 51.4. The predicted octanol–water partition coefficient (Wildman–Crippen LogP) is 11.6. The molecule has 4 atom stereocenters. The van der Waals surface area contributed by atoms with E-state index in [2.05, 4.69) is 239 Å². The zero-order valence-electron chi connectivity index (χ0n) is 88.2. The molecule has 0 bridgehead atoms. The van der Waals surface area contributed by atoms with Gasteiger partial charge >= 0.3 is 0 Å². The van der Waals surface area contributed by atoms with Gasteiger partial charge in [0.1, 0.15) is 0 Å². The molecule has 28 heteroatoms. The Morgan fingerprint density at radius 1 is 0.405 bits per heavy atom. The van der Waals surface area contributed by atoms with Gasteiger partial charge in [-0.15, -0.1) is 5.10 Å². The van der Waals surface area contributed by atoms with Crippen molar-refractivity contribution in [3.63, 3.8) is 0 Å². The lowest BCUT2D eigenvalue weighted by Crippen LogP contribution is -2.59. The van der Waals surface area contributed by atoms with Gasteiger partial charge in [0.15, 0.2) is 0 Å². The molecule has 12 rings (SSSR count).